The van der Waals surface area contributed by atoms with Crippen molar-refractivity contribution in [2.24, 2.45) is 17.6 Å². The van der Waals surface area contributed by atoms with Crippen LogP contribution in [0.5, 0.6) is 0 Å². The second kappa shape index (κ2) is 6.25. The minimum absolute atomic E-state index is 0.229. The Morgan fingerprint density at radius 1 is 1.14 bits per heavy atom. The van der Waals surface area contributed by atoms with Crippen LogP contribution in [0.25, 0.3) is 0 Å². The predicted octanol–water partition coefficient (Wildman–Crippen LogP) is 0.904. The van der Waals surface area contributed by atoms with E-state index in [0.717, 1.165) is 5.56 Å². The summed E-state index contributed by atoms with van der Waals surface area (Å²) in [5.74, 6) is -2.14. The fourth-order valence-electron chi connectivity index (χ4n) is 2.28. The van der Waals surface area contributed by atoms with Gasteiger partial charge in [0.2, 0.25) is 5.91 Å². The van der Waals surface area contributed by atoms with Crippen molar-refractivity contribution in [1.29, 1.82) is 0 Å². The maximum atomic E-state index is 11.9. The standard InChI is InChI=1S/C14H17N3O4/c15-14(21)17-9-3-1-8(2-4-9)7-16-12(18)10-5-6-11(10)13(19)20/h1-4,10-11H,5-7H2,(H,16,18)(H,19,20)(H3,15,17,21). The van der Waals surface area contributed by atoms with Gasteiger partial charge in [0.15, 0.2) is 0 Å². The summed E-state index contributed by atoms with van der Waals surface area (Å²) in [6.07, 6.45) is 1.17. The van der Waals surface area contributed by atoms with E-state index in [1.165, 1.54) is 0 Å². The Balaban J connectivity index is 1.84. The molecular formula is C14H17N3O4. The van der Waals surface area contributed by atoms with E-state index in [2.05, 4.69) is 10.6 Å². The molecule has 0 spiro atoms. The average Bonchev–Trinajstić information content (AvgIpc) is 2.35. The Labute approximate surface area is 121 Å². The maximum absolute atomic E-state index is 11.9. The molecule has 1 fully saturated rings. The highest BCUT2D eigenvalue weighted by atomic mass is 16.4. The third-order valence-electron chi connectivity index (χ3n) is 3.62. The van der Waals surface area contributed by atoms with Gasteiger partial charge in [-0.15, -0.1) is 0 Å². The number of anilines is 1. The predicted molar refractivity (Wildman–Crippen MR) is 75.3 cm³/mol. The van der Waals surface area contributed by atoms with Crippen molar-refractivity contribution in [3.63, 3.8) is 0 Å². The van der Waals surface area contributed by atoms with E-state index in [9.17, 15) is 14.4 Å². The molecule has 7 heteroatoms. The van der Waals surface area contributed by atoms with Gasteiger partial charge >= 0.3 is 12.0 Å². The van der Waals surface area contributed by atoms with E-state index in [-0.39, 0.29) is 5.91 Å². The van der Waals surface area contributed by atoms with E-state index in [0.29, 0.717) is 25.1 Å². The van der Waals surface area contributed by atoms with Gasteiger partial charge in [-0.2, -0.15) is 0 Å². The normalized spacial score (nSPS) is 20.2. The Hall–Kier alpha value is -2.57. The van der Waals surface area contributed by atoms with Crippen LogP contribution in [0.3, 0.4) is 0 Å². The van der Waals surface area contributed by atoms with Gasteiger partial charge in [-0.25, -0.2) is 4.79 Å². The second-order valence-corrected chi connectivity index (χ2v) is 5.03. The fraction of sp³-hybridized carbons (Fsp3) is 0.357. The van der Waals surface area contributed by atoms with Crippen molar-refractivity contribution in [2.75, 3.05) is 5.32 Å². The first-order chi connectivity index (χ1) is 9.97. The number of rotatable bonds is 5. The van der Waals surface area contributed by atoms with Crippen LogP contribution < -0.4 is 16.4 Å². The first-order valence-corrected chi connectivity index (χ1v) is 6.63. The van der Waals surface area contributed by atoms with E-state index in [4.69, 9.17) is 10.8 Å². The van der Waals surface area contributed by atoms with Crippen molar-refractivity contribution in [3.05, 3.63) is 29.8 Å². The molecule has 1 aromatic carbocycles. The molecular weight excluding hydrogens is 274 g/mol. The van der Waals surface area contributed by atoms with Crippen LogP contribution in [-0.4, -0.2) is 23.0 Å². The molecule has 112 valence electrons. The van der Waals surface area contributed by atoms with Crippen molar-refractivity contribution in [3.8, 4) is 0 Å². The molecule has 7 nitrogen and oxygen atoms in total. The number of benzene rings is 1. The summed E-state index contributed by atoms with van der Waals surface area (Å²) in [6.45, 7) is 0.318. The van der Waals surface area contributed by atoms with Crippen molar-refractivity contribution < 1.29 is 19.5 Å². The second-order valence-electron chi connectivity index (χ2n) is 5.03. The van der Waals surface area contributed by atoms with Crippen LogP contribution in [0.1, 0.15) is 18.4 Å². The van der Waals surface area contributed by atoms with Crippen LogP contribution >= 0.6 is 0 Å². The molecule has 1 aromatic rings. The van der Waals surface area contributed by atoms with Gasteiger partial charge in [-0.1, -0.05) is 12.1 Å². The molecule has 1 saturated carbocycles. The van der Waals surface area contributed by atoms with Crippen molar-refractivity contribution >= 4 is 23.6 Å². The Morgan fingerprint density at radius 3 is 2.24 bits per heavy atom. The number of carbonyl (C=O) groups excluding carboxylic acids is 2. The zero-order chi connectivity index (χ0) is 15.4. The summed E-state index contributed by atoms with van der Waals surface area (Å²) in [4.78, 5) is 33.4. The van der Waals surface area contributed by atoms with Gasteiger partial charge in [0.05, 0.1) is 11.8 Å². The lowest BCUT2D eigenvalue weighted by Gasteiger charge is -2.31. The van der Waals surface area contributed by atoms with Gasteiger partial charge in [0.1, 0.15) is 0 Å². The molecule has 0 aromatic heterocycles. The molecule has 1 aliphatic rings. The van der Waals surface area contributed by atoms with Gasteiger partial charge in [0.25, 0.3) is 0 Å². The fourth-order valence-corrected chi connectivity index (χ4v) is 2.28. The third kappa shape index (κ3) is 3.71. The monoisotopic (exact) mass is 291 g/mol. The number of amides is 3. The van der Waals surface area contributed by atoms with Gasteiger partial charge in [-0.3, -0.25) is 9.59 Å². The molecule has 0 radical (unpaired) electrons. The lowest BCUT2D eigenvalue weighted by atomic mass is 9.73. The van der Waals surface area contributed by atoms with Crippen LogP contribution in [0.2, 0.25) is 0 Å². The molecule has 0 aliphatic heterocycles. The minimum Gasteiger partial charge on any atom is -0.481 e. The topological polar surface area (TPSA) is 122 Å². The van der Waals surface area contributed by atoms with E-state index in [1.807, 2.05) is 0 Å². The summed E-state index contributed by atoms with van der Waals surface area (Å²) in [6, 6.07) is 6.22. The molecule has 0 heterocycles. The number of carboxylic acid groups (broad SMARTS) is 1. The number of nitrogens with one attached hydrogen (secondary N) is 2. The Kier molecular flexibility index (Phi) is 4.42. The number of urea groups is 1. The highest BCUT2D eigenvalue weighted by molar-refractivity contribution is 5.88. The van der Waals surface area contributed by atoms with E-state index < -0.39 is 23.8 Å². The van der Waals surface area contributed by atoms with Crippen LogP contribution in [0, 0.1) is 11.8 Å². The molecule has 2 atom stereocenters. The molecule has 1 aliphatic carbocycles. The van der Waals surface area contributed by atoms with Crippen molar-refractivity contribution in [1.82, 2.24) is 5.32 Å². The smallest absolute Gasteiger partial charge is 0.316 e. The number of hydrogen-bond acceptors (Lipinski definition) is 3. The van der Waals surface area contributed by atoms with Gasteiger partial charge < -0.3 is 21.5 Å². The number of carbonyl (C=O) groups is 3. The largest absolute Gasteiger partial charge is 0.481 e. The van der Waals surface area contributed by atoms with Crippen molar-refractivity contribution in [2.45, 2.75) is 19.4 Å². The average molecular weight is 291 g/mol. The summed E-state index contributed by atoms with van der Waals surface area (Å²) in [7, 11) is 0. The quantitative estimate of drug-likeness (QED) is 0.644. The molecule has 5 N–H and O–H groups in total. The van der Waals surface area contributed by atoms with Crippen LogP contribution in [0.4, 0.5) is 10.5 Å². The molecule has 0 saturated heterocycles. The third-order valence-corrected chi connectivity index (χ3v) is 3.62. The summed E-state index contributed by atoms with van der Waals surface area (Å²) in [5.41, 5.74) is 6.42. The Morgan fingerprint density at radius 2 is 1.76 bits per heavy atom. The zero-order valence-corrected chi connectivity index (χ0v) is 11.3. The summed E-state index contributed by atoms with van der Waals surface area (Å²) in [5, 5.41) is 14.1. The van der Waals surface area contributed by atoms with Crippen LogP contribution in [-0.2, 0) is 16.1 Å². The SMILES string of the molecule is NC(=O)Nc1ccc(CNC(=O)C2CCC2C(=O)O)cc1. The van der Waals surface area contributed by atoms with E-state index in [1.54, 1.807) is 24.3 Å². The first kappa shape index (κ1) is 14.8. The first-order valence-electron chi connectivity index (χ1n) is 6.63. The molecule has 0 bridgehead atoms. The minimum atomic E-state index is -0.914. The Bertz CT molecular complexity index is 556. The summed E-state index contributed by atoms with van der Waals surface area (Å²) < 4.78 is 0. The zero-order valence-electron chi connectivity index (χ0n) is 11.3. The summed E-state index contributed by atoms with van der Waals surface area (Å²) >= 11 is 0. The van der Waals surface area contributed by atoms with Crippen LogP contribution in [0.15, 0.2) is 24.3 Å². The number of carboxylic acids is 1. The highest BCUT2D eigenvalue weighted by Gasteiger charge is 2.41. The number of primary amides is 1. The van der Waals surface area contributed by atoms with Gasteiger partial charge in [-0.05, 0) is 30.5 Å². The lowest BCUT2D eigenvalue weighted by molar-refractivity contribution is -0.152. The highest BCUT2D eigenvalue weighted by Crippen LogP contribution is 2.34. The number of hydrogen-bond donors (Lipinski definition) is 4. The number of aliphatic carboxylic acids is 1. The van der Waals surface area contributed by atoms with E-state index >= 15 is 0 Å². The maximum Gasteiger partial charge on any atom is 0.316 e. The molecule has 2 unspecified atom stereocenters. The lowest BCUT2D eigenvalue weighted by Crippen LogP contribution is -2.43. The molecule has 3 amide bonds. The number of nitrogens with two attached hydrogens (primary N) is 1. The molecule has 2 rings (SSSR count). The van der Waals surface area contributed by atoms with Gasteiger partial charge in [0, 0.05) is 12.2 Å². The molecule has 21 heavy (non-hydrogen) atoms.